The number of aliphatic hydroxyl groups is 1. The van der Waals surface area contributed by atoms with E-state index in [0.29, 0.717) is 6.04 Å². The third-order valence-corrected chi connectivity index (χ3v) is 6.76. The first-order valence-corrected chi connectivity index (χ1v) is 10.3. The molecule has 1 N–H and O–H groups in total. The molecule has 4 heteroatoms. The van der Waals surface area contributed by atoms with Crippen molar-refractivity contribution in [2.24, 2.45) is 0 Å². The average molecular weight is 337 g/mol. The molecule has 2 fully saturated rings. The van der Waals surface area contributed by atoms with Gasteiger partial charge in [-0.15, -0.1) is 11.3 Å². The highest BCUT2D eigenvalue weighted by Gasteiger charge is 2.27. The van der Waals surface area contributed by atoms with Gasteiger partial charge >= 0.3 is 0 Å². The Morgan fingerprint density at radius 2 is 2.04 bits per heavy atom. The summed E-state index contributed by atoms with van der Waals surface area (Å²) in [5.74, 6) is 0. The van der Waals surface area contributed by atoms with Crippen LogP contribution in [0.2, 0.25) is 0 Å². The molecule has 1 aromatic heterocycles. The number of aliphatic hydroxyl groups excluding tert-OH is 1. The zero-order chi connectivity index (χ0) is 16.1. The van der Waals surface area contributed by atoms with Gasteiger partial charge < -0.3 is 14.9 Å². The molecule has 2 saturated heterocycles. The summed E-state index contributed by atoms with van der Waals surface area (Å²) in [4.78, 5) is 6.35. The molecule has 2 aliphatic heterocycles. The van der Waals surface area contributed by atoms with Crippen molar-refractivity contribution in [2.75, 3.05) is 26.7 Å². The minimum absolute atomic E-state index is 0.283. The number of rotatable bonds is 6. The van der Waals surface area contributed by atoms with Crippen LogP contribution in [-0.4, -0.2) is 53.7 Å². The van der Waals surface area contributed by atoms with E-state index >= 15 is 0 Å². The quantitative estimate of drug-likeness (QED) is 0.853. The molecule has 1 aromatic rings. The van der Waals surface area contributed by atoms with Crippen LogP contribution >= 0.6 is 11.3 Å². The summed E-state index contributed by atoms with van der Waals surface area (Å²) < 4.78 is 0. The van der Waals surface area contributed by atoms with Crippen LogP contribution in [0.3, 0.4) is 0 Å². The van der Waals surface area contributed by atoms with Crippen molar-refractivity contribution in [1.29, 1.82) is 0 Å². The third kappa shape index (κ3) is 4.79. The summed E-state index contributed by atoms with van der Waals surface area (Å²) >= 11 is 1.68. The monoisotopic (exact) mass is 336 g/mol. The maximum absolute atomic E-state index is 10.6. The van der Waals surface area contributed by atoms with Gasteiger partial charge in [0.25, 0.3) is 0 Å². The number of likely N-dealkylation sites (tertiary alicyclic amines) is 2. The summed E-state index contributed by atoms with van der Waals surface area (Å²) in [6.45, 7) is 3.69. The molecule has 3 heterocycles. The first-order valence-electron chi connectivity index (χ1n) is 9.40. The lowest BCUT2D eigenvalue weighted by Crippen LogP contribution is -2.39. The van der Waals surface area contributed by atoms with Gasteiger partial charge in [0.15, 0.2) is 0 Å². The Morgan fingerprint density at radius 3 is 2.78 bits per heavy atom. The average Bonchev–Trinajstić information content (AvgIpc) is 3.16. The largest absolute Gasteiger partial charge is 0.388 e. The Balaban J connectivity index is 1.56. The van der Waals surface area contributed by atoms with Crippen LogP contribution in [0.5, 0.6) is 0 Å². The van der Waals surface area contributed by atoms with Gasteiger partial charge in [-0.3, -0.25) is 0 Å². The van der Waals surface area contributed by atoms with Gasteiger partial charge in [0, 0.05) is 17.0 Å². The van der Waals surface area contributed by atoms with Gasteiger partial charge in [0.2, 0.25) is 0 Å². The van der Waals surface area contributed by atoms with Gasteiger partial charge in [-0.05, 0) is 76.7 Å². The Labute approximate surface area is 145 Å². The first-order chi connectivity index (χ1) is 11.2. The van der Waals surface area contributed by atoms with E-state index in [9.17, 15) is 5.11 Å². The molecule has 0 amide bonds. The van der Waals surface area contributed by atoms with Crippen molar-refractivity contribution in [2.45, 2.75) is 69.6 Å². The molecule has 0 aliphatic carbocycles. The van der Waals surface area contributed by atoms with Crippen LogP contribution in [0.4, 0.5) is 0 Å². The Bertz CT molecular complexity index is 450. The van der Waals surface area contributed by atoms with E-state index in [0.717, 1.165) is 17.3 Å². The fraction of sp³-hybridized carbons (Fsp3) is 0.789. The van der Waals surface area contributed by atoms with Crippen molar-refractivity contribution < 1.29 is 5.11 Å². The highest BCUT2D eigenvalue weighted by atomic mass is 32.1. The number of hydrogen-bond donors (Lipinski definition) is 1. The minimum atomic E-state index is -0.283. The van der Waals surface area contributed by atoms with Crippen molar-refractivity contribution in [3.05, 3.63) is 22.4 Å². The predicted octanol–water partition coefficient (Wildman–Crippen LogP) is 3.90. The van der Waals surface area contributed by atoms with Crippen LogP contribution < -0.4 is 0 Å². The highest BCUT2D eigenvalue weighted by Crippen LogP contribution is 2.29. The topological polar surface area (TPSA) is 26.7 Å². The lowest BCUT2D eigenvalue weighted by Gasteiger charge is -2.33. The first kappa shape index (κ1) is 17.4. The maximum Gasteiger partial charge on any atom is 0.0896 e. The molecule has 0 spiro atoms. The lowest BCUT2D eigenvalue weighted by atomic mass is 10.0. The van der Waals surface area contributed by atoms with Gasteiger partial charge in [-0.2, -0.15) is 0 Å². The SMILES string of the molecule is CN1CCCC1CCN1CCCCCC1CC(O)c1cccs1. The van der Waals surface area contributed by atoms with E-state index in [4.69, 9.17) is 0 Å². The second-order valence-electron chi connectivity index (χ2n) is 7.37. The summed E-state index contributed by atoms with van der Waals surface area (Å²) in [5, 5.41) is 12.6. The summed E-state index contributed by atoms with van der Waals surface area (Å²) in [6, 6.07) is 5.45. The summed E-state index contributed by atoms with van der Waals surface area (Å²) in [7, 11) is 2.28. The molecule has 3 rings (SSSR count). The Kier molecular flexibility index (Phi) is 6.52. The Hall–Kier alpha value is -0.420. The highest BCUT2D eigenvalue weighted by molar-refractivity contribution is 7.10. The van der Waals surface area contributed by atoms with Gasteiger partial charge in [0.05, 0.1) is 6.10 Å². The molecule has 2 aliphatic rings. The van der Waals surface area contributed by atoms with Gasteiger partial charge in [-0.25, -0.2) is 0 Å². The van der Waals surface area contributed by atoms with E-state index in [-0.39, 0.29) is 6.10 Å². The molecule has 3 atom stereocenters. The van der Waals surface area contributed by atoms with E-state index in [2.05, 4.69) is 28.3 Å². The zero-order valence-corrected chi connectivity index (χ0v) is 15.3. The number of nitrogens with zero attached hydrogens (tertiary/aromatic N) is 2. The molecule has 130 valence electrons. The van der Waals surface area contributed by atoms with Crippen molar-refractivity contribution in [3.8, 4) is 0 Å². The van der Waals surface area contributed by atoms with E-state index in [1.165, 1.54) is 64.6 Å². The second-order valence-corrected chi connectivity index (χ2v) is 8.35. The minimum Gasteiger partial charge on any atom is -0.388 e. The zero-order valence-electron chi connectivity index (χ0n) is 14.5. The molecular formula is C19H32N2OS. The van der Waals surface area contributed by atoms with Crippen LogP contribution in [0, 0.1) is 0 Å². The van der Waals surface area contributed by atoms with Crippen LogP contribution in [0.15, 0.2) is 17.5 Å². The number of thiophene rings is 1. The van der Waals surface area contributed by atoms with Crippen molar-refractivity contribution >= 4 is 11.3 Å². The summed E-state index contributed by atoms with van der Waals surface area (Å²) in [5.41, 5.74) is 0. The van der Waals surface area contributed by atoms with Gasteiger partial charge in [-0.1, -0.05) is 18.9 Å². The van der Waals surface area contributed by atoms with E-state index in [1.807, 2.05) is 6.07 Å². The molecule has 0 saturated carbocycles. The van der Waals surface area contributed by atoms with Crippen LogP contribution in [-0.2, 0) is 0 Å². The molecule has 0 radical (unpaired) electrons. The van der Waals surface area contributed by atoms with E-state index in [1.54, 1.807) is 11.3 Å². The normalized spacial score (nSPS) is 28.8. The predicted molar refractivity (Wildman–Crippen MR) is 98.0 cm³/mol. The molecular weight excluding hydrogens is 304 g/mol. The standard InChI is InChI=1S/C19H32N2OS/c1-20-11-5-8-16(20)10-13-21-12-4-2-3-7-17(21)15-18(22)19-9-6-14-23-19/h6,9,14,16-18,22H,2-5,7-8,10-13,15H2,1H3. The van der Waals surface area contributed by atoms with Crippen molar-refractivity contribution in [3.63, 3.8) is 0 Å². The third-order valence-electron chi connectivity index (χ3n) is 5.79. The Morgan fingerprint density at radius 1 is 1.17 bits per heavy atom. The molecule has 3 nitrogen and oxygen atoms in total. The second kappa shape index (κ2) is 8.61. The van der Waals surface area contributed by atoms with Crippen LogP contribution in [0.25, 0.3) is 0 Å². The van der Waals surface area contributed by atoms with Gasteiger partial charge in [0.1, 0.15) is 0 Å². The molecule has 0 aromatic carbocycles. The van der Waals surface area contributed by atoms with Crippen LogP contribution in [0.1, 0.15) is 62.3 Å². The van der Waals surface area contributed by atoms with E-state index < -0.39 is 0 Å². The maximum atomic E-state index is 10.6. The lowest BCUT2D eigenvalue weighted by molar-refractivity contribution is 0.0982. The molecule has 0 bridgehead atoms. The fourth-order valence-electron chi connectivity index (χ4n) is 4.31. The fourth-order valence-corrected chi connectivity index (χ4v) is 5.04. The number of hydrogen-bond acceptors (Lipinski definition) is 4. The smallest absolute Gasteiger partial charge is 0.0896 e. The molecule has 3 unspecified atom stereocenters. The van der Waals surface area contributed by atoms with Crippen molar-refractivity contribution in [1.82, 2.24) is 9.80 Å². The summed E-state index contributed by atoms with van der Waals surface area (Å²) in [6.07, 6.45) is 9.90. The molecule has 23 heavy (non-hydrogen) atoms.